The number of likely N-dealkylation sites (N-methyl/N-ethyl adjacent to an activating group) is 1. The average Bonchev–Trinajstić information content (AvgIpc) is 3.00. The fourth-order valence-electron chi connectivity index (χ4n) is 3.14. The van der Waals surface area contributed by atoms with E-state index in [1.165, 1.54) is 5.69 Å². The summed E-state index contributed by atoms with van der Waals surface area (Å²) < 4.78 is 59.2. The van der Waals surface area contributed by atoms with E-state index >= 15 is 0 Å². The highest BCUT2D eigenvalue weighted by Gasteiger charge is 2.48. The Bertz CT molecular complexity index is 699. The minimum atomic E-state index is -5.08. The Hall–Kier alpha value is -2.24. The van der Waals surface area contributed by atoms with Crippen molar-refractivity contribution in [3.05, 3.63) is 18.0 Å². The third-order valence-corrected chi connectivity index (χ3v) is 4.53. The molecule has 1 aliphatic carbocycles. The second-order valence-corrected chi connectivity index (χ2v) is 6.96. The van der Waals surface area contributed by atoms with Gasteiger partial charge in [0.2, 0.25) is 11.8 Å². The van der Waals surface area contributed by atoms with Crippen molar-refractivity contribution < 1.29 is 36.6 Å². The molecule has 1 fully saturated rings. The summed E-state index contributed by atoms with van der Waals surface area (Å²) in [6, 6.07) is 2.22. The summed E-state index contributed by atoms with van der Waals surface area (Å²) in [6.45, 7) is 2.25. The number of rotatable bonds is 4. The zero-order chi connectivity index (χ0) is 21.1. The van der Waals surface area contributed by atoms with E-state index in [1.807, 2.05) is 10.7 Å². The lowest BCUT2D eigenvalue weighted by atomic mass is 9.81. The third-order valence-electron chi connectivity index (χ3n) is 4.53. The van der Waals surface area contributed by atoms with Crippen LogP contribution in [0.5, 0.6) is 0 Å². The van der Waals surface area contributed by atoms with Gasteiger partial charge >= 0.3 is 12.1 Å². The Morgan fingerprint density at radius 3 is 2.50 bits per heavy atom. The number of amides is 1. The second kappa shape index (κ2) is 8.41. The number of aromatic nitrogens is 2. The predicted molar refractivity (Wildman–Crippen MR) is 86.6 cm³/mol. The first kappa shape index (κ1) is 22.1. The van der Waals surface area contributed by atoms with E-state index in [4.69, 9.17) is 9.90 Å². The summed E-state index contributed by atoms with van der Waals surface area (Å²) in [5, 5.41) is 14.2. The molecule has 2 aliphatic rings. The molecule has 28 heavy (non-hydrogen) atoms. The number of carboxylic acid groups (broad SMARTS) is 1. The summed E-state index contributed by atoms with van der Waals surface area (Å²) in [6.07, 6.45) is -3.16. The van der Waals surface area contributed by atoms with Gasteiger partial charge in [-0.15, -0.1) is 0 Å². The number of carboxylic acids is 1. The number of aliphatic carboxylic acids is 1. The van der Waals surface area contributed by atoms with E-state index in [2.05, 4.69) is 22.4 Å². The molecule has 1 aliphatic heterocycles. The number of hydrogen-bond acceptors (Lipinski definition) is 4. The Morgan fingerprint density at radius 2 is 1.96 bits per heavy atom. The van der Waals surface area contributed by atoms with E-state index in [1.54, 1.807) is 6.20 Å². The molecule has 0 bridgehead atoms. The zero-order valence-electron chi connectivity index (χ0n) is 15.0. The van der Waals surface area contributed by atoms with Crippen molar-refractivity contribution in [1.29, 1.82) is 0 Å². The van der Waals surface area contributed by atoms with Crippen molar-refractivity contribution in [2.75, 3.05) is 20.1 Å². The van der Waals surface area contributed by atoms with E-state index in [9.17, 15) is 26.7 Å². The first-order valence-corrected chi connectivity index (χ1v) is 8.55. The molecule has 1 saturated carbocycles. The van der Waals surface area contributed by atoms with E-state index in [0.717, 1.165) is 19.5 Å². The van der Waals surface area contributed by atoms with Gasteiger partial charge in [0.25, 0.3) is 0 Å². The SMILES string of the molecule is CN1Cc2ccnn2C(CCNC(=O)C2CC(F)(F)C2)C1.O=C(O)C(F)(F)F. The molecule has 0 aromatic carbocycles. The van der Waals surface area contributed by atoms with Gasteiger partial charge in [-0.2, -0.15) is 18.3 Å². The molecule has 1 aromatic rings. The van der Waals surface area contributed by atoms with Crippen LogP contribution < -0.4 is 5.32 Å². The van der Waals surface area contributed by atoms with Gasteiger partial charge in [-0.05, 0) is 19.5 Å². The monoisotopic (exact) mass is 412 g/mol. The van der Waals surface area contributed by atoms with Gasteiger partial charge in [0.15, 0.2) is 0 Å². The van der Waals surface area contributed by atoms with Crippen LogP contribution in [-0.2, 0) is 16.1 Å². The second-order valence-electron chi connectivity index (χ2n) is 6.96. The van der Waals surface area contributed by atoms with Crippen LogP contribution in [-0.4, -0.2) is 63.9 Å². The number of halogens is 5. The molecule has 2 heterocycles. The van der Waals surface area contributed by atoms with Gasteiger partial charge < -0.3 is 10.4 Å². The maximum absolute atomic E-state index is 12.7. The molecule has 12 heteroatoms. The lowest BCUT2D eigenvalue weighted by molar-refractivity contribution is -0.192. The Morgan fingerprint density at radius 1 is 1.36 bits per heavy atom. The van der Waals surface area contributed by atoms with Crippen LogP contribution in [0.2, 0.25) is 0 Å². The topological polar surface area (TPSA) is 87.5 Å². The largest absolute Gasteiger partial charge is 0.490 e. The molecular formula is C16H21F5N4O3. The maximum Gasteiger partial charge on any atom is 0.490 e. The zero-order valence-corrected chi connectivity index (χ0v) is 15.0. The normalized spacial score (nSPS) is 21.7. The Kier molecular flexibility index (Phi) is 6.63. The van der Waals surface area contributed by atoms with Crippen molar-refractivity contribution in [2.24, 2.45) is 5.92 Å². The molecule has 0 radical (unpaired) electrons. The highest BCUT2D eigenvalue weighted by atomic mass is 19.4. The molecule has 2 N–H and O–H groups in total. The minimum absolute atomic E-state index is 0.219. The van der Waals surface area contributed by atoms with Crippen LogP contribution in [0.15, 0.2) is 12.3 Å². The number of nitrogens with one attached hydrogen (secondary N) is 1. The van der Waals surface area contributed by atoms with Crippen LogP contribution in [0, 0.1) is 5.92 Å². The van der Waals surface area contributed by atoms with Gasteiger partial charge in [0, 0.05) is 44.6 Å². The predicted octanol–water partition coefficient (Wildman–Crippen LogP) is 2.05. The van der Waals surface area contributed by atoms with E-state index in [-0.39, 0.29) is 24.8 Å². The highest BCUT2D eigenvalue weighted by molar-refractivity contribution is 5.79. The molecule has 158 valence electrons. The summed E-state index contributed by atoms with van der Waals surface area (Å²) in [5.74, 6) is -6.16. The number of carbonyl (C=O) groups is 2. The minimum Gasteiger partial charge on any atom is -0.475 e. The first-order chi connectivity index (χ1) is 12.9. The van der Waals surface area contributed by atoms with Gasteiger partial charge in [0.1, 0.15) is 0 Å². The Labute approximate surface area is 157 Å². The summed E-state index contributed by atoms with van der Waals surface area (Å²) in [4.78, 5) is 22.9. The number of nitrogens with zero attached hydrogens (tertiary/aromatic N) is 3. The number of carbonyl (C=O) groups excluding carboxylic acids is 1. The molecule has 1 aromatic heterocycles. The molecule has 1 unspecified atom stereocenters. The van der Waals surface area contributed by atoms with Gasteiger partial charge in [-0.1, -0.05) is 0 Å². The third kappa shape index (κ3) is 5.88. The van der Waals surface area contributed by atoms with Crippen LogP contribution >= 0.6 is 0 Å². The standard InChI is InChI=1S/C14H20F2N4O.C2HF3O2/c1-19-8-11(20-12(9-19)3-5-18-20)2-4-17-13(21)10-6-14(15,16)7-10;3-2(4,5)1(6)7/h3,5,10-11H,2,4,6-9H2,1H3,(H,17,21);(H,6,7). The van der Waals surface area contributed by atoms with Crippen molar-refractivity contribution in [1.82, 2.24) is 20.0 Å². The summed E-state index contributed by atoms with van der Waals surface area (Å²) in [7, 11) is 2.05. The highest BCUT2D eigenvalue weighted by Crippen LogP contribution is 2.42. The fourth-order valence-corrected chi connectivity index (χ4v) is 3.14. The molecular weight excluding hydrogens is 391 g/mol. The fraction of sp³-hybridized carbons (Fsp3) is 0.688. The van der Waals surface area contributed by atoms with Gasteiger partial charge in [-0.3, -0.25) is 14.4 Å². The van der Waals surface area contributed by atoms with Crippen LogP contribution in [0.3, 0.4) is 0 Å². The van der Waals surface area contributed by atoms with Crippen molar-refractivity contribution >= 4 is 11.9 Å². The lowest BCUT2D eigenvalue weighted by Gasteiger charge is -2.34. The lowest BCUT2D eigenvalue weighted by Crippen LogP contribution is -2.45. The number of hydrogen-bond donors (Lipinski definition) is 2. The average molecular weight is 412 g/mol. The van der Waals surface area contributed by atoms with Crippen LogP contribution in [0.4, 0.5) is 22.0 Å². The molecule has 1 atom stereocenters. The molecule has 3 rings (SSSR count). The summed E-state index contributed by atoms with van der Waals surface area (Å²) >= 11 is 0. The van der Waals surface area contributed by atoms with E-state index < -0.39 is 24.0 Å². The first-order valence-electron chi connectivity index (χ1n) is 8.55. The van der Waals surface area contributed by atoms with E-state index in [0.29, 0.717) is 6.54 Å². The quantitative estimate of drug-likeness (QED) is 0.740. The molecule has 7 nitrogen and oxygen atoms in total. The molecule has 0 spiro atoms. The smallest absolute Gasteiger partial charge is 0.475 e. The van der Waals surface area contributed by atoms with Crippen molar-refractivity contribution in [2.45, 2.75) is 43.9 Å². The van der Waals surface area contributed by atoms with Gasteiger partial charge in [-0.25, -0.2) is 13.6 Å². The molecule has 1 amide bonds. The molecule has 0 saturated heterocycles. The number of fused-ring (bicyclic) bond motifs is 1. The Balaban J connectivity index is 0.000000345. The summed E-state index contributed by atoms with van der Waals surface area (Å²) in [5.41, 5.74) is 1.17. The van der Waals surface area contributed by atoms with Gasteiger partial charge in [0.05, 0.1) is 11.7 Å². The van der Waals surface area contributed by atoms with Crippen molar-refractivity contribution in [3.8, 4) is 0 Å². The maximum atomic E-state index is 12.7. The van der Waals surface area contributed by atoms with Crippen molar-refractivity contribution in [3.63, 3.8) is 0 Å². The number of alkyl halides is 5. The van der Waals surface area contributed by atoms with Crippen LogP contribution in [0.1, 0.15) is 31.0 Å². The van der Waals surface area contributed by atoms with Crippen LogP contribution in [0.25, 0.3) is 0 Å².